The van der Waals surface area contributed by atoms with Gasteiger partial charge in [-0.25, -0.2) is 9.97 Å². The van der Waals surface area contributed by atoms with E-state index < -0.39 is 0 Å². The second kappa shape index (κ2) is 8.74. The van der Waals surface area contributed by atoms with Gasteiger partial charge in [-0.1, -0.05) is 36.4 Å². The highest BCUT2D eigenvalue weighted by molar-refractivity contribution is 5.96. The molecule has 0 unspecified atom stereocenters. The normalized spacial score (nSPS) is 13.1. The second-order valence-corrected chi connectivity index (χ2v) is 7.38. The number of dihydropyridines is 1. The van der Waals surface area contributed by atoms with Gasteiger partial charge in [0.25, 0.3) is 0 Å². The van der Waals surface area contributed by atoms with Crippen molar-refractivity contribution in [2.75, 3.05) is 25.0 Å². The Morgan fingerprint density at radius 3 is 2.56 bits per heavy atom. The van der Waals surface area contributed by atoms with E-state index in [0.29, 0.717) is 25.5 Å². The Kier molecular flexibility index (Phi) is 5.33. The molecule has 0 aliphatic carbocycles. The number of benzene rings is 2. The standard InChI is InChI=1S/C25H21N7/c26-15-17-9-10-22(30-16-17)27-13-14-29-24-20-7-3-4-8-21(20)31-25(32-24)23-19-6-2-1-5-18(19)11-12-28-23/h1-12,27,30H,13-14,16H2,(H,29,31,32). The maximum atomic E-state index is 8.93. The van der Waals surface area contributed by atoms with E-state index >= 15 is 0 Å². The number of anilines is 1. The summed E-state index contributed by atoms with van der Waals surface area (Å²) < 4.78 is 0. The maximum absolute atomic E-state index is 8.93. The van der Waals surface area contributed by atoms with E-state index in [1.807, 2.05) is 60.7 Å². The molecule has 1 aliphatic rings. The molecule has 0 atom stereocenters. The summed E-state index contributed by atoms with van der Waals surface area (Å²) in [5.41, 5.74) is 2.36. The van der Waals surface area contributed by atoms with E-state index in [4.69, 9.17) is 15.2 Å². The number of nitriles is 1. The molecule has 1 aliphatic heterocycles. The minimum absolute atomic E-state index is 0.542. The fourth-order valence-corrected chi connectivity index (χ4v) is 3.68. The quantitative estimate of drug-likeness (QED) is 0.410. The Morgan fingerprint density at radius 2 is 1.72 bits per heavy atom. The van der Waals surface area contributed by atoms with Crippen molar-refractivity contribution in [3.8, 4) is 17.6 Å². The van der Waals surface area contributed by atoms with E-state index in [0.717, 1.165) is 44.6 Å². The molecule has 3 N–H and O–H groups in total. The predicted molar refractivity (Wildman–Crippen MR) is 127 cm³/mol. The molecular formula is C25H21N7. The van der Waals surface area contributed by atoms with Crippen molar-refractivity contribution in [1.29, 1.82) is 5.26 Å². The van der Waals surface area contributed by atoms with E-state index in [2.05, 4.69) is 33.1 Å². The van der Waals surface area contributed by atoms with Gasteiger partial charge in [0.15, 0.2) is 5.82 Å². The first-order valence-corrected chi connectivity index (χ1v) is 10.5. The fourth-order valence-electron chi connectivity index (χ4n) is 3.68. The van der Waals surface area contributed by atoms with Crippen molar-refractivity contribution < 1.29 is 0 Å². The molecule has 0 spiro atoms. The zero-order valence-corrected chi connectivity index (χ0v) is 17.3. The van der Waals surface area contributed by atoms with E-state index in [1.54, 1.807) is 6.20 Å². The van der Waals surface area contributed by atoms with Gasteiger partial charge in [-0.05, 0) is 35.7 Å². The number of rotatable bonds is 6. The molecule has 0 fully saturated rings. The molecular weight excluding hydrogens is 398 g/mol. The van der Waals surface area contributed by atoms with Crippen LogP contribution in [0.1, 0.15) is 0 Å². The van der Waals surface area contributed by atoms with Gasteiger partial charge in [0.2, 0.25) is 0 Å². The highest BCUT2D eigenvalue weighted by atomic mass is 15.1. The maximum Gasteiger partial charge on any atom is 0.181 e. The molecule has 2 aromatic heterocycles. The highest BCUT2D eigenvalue weighted by Gasteiger charge is 2.13. The molecule has 0 amide bonds. The fraction of sp³-hybridized carbons (Fsp3) is 0.120. The molecule has 7 heteroatoms. The summed E-state index contributed by atoms with van der Waals surface area (Å²) in [7, 11) is 0. The summed E-state index contributed by atoms with van der Waals surface area (Å²) in [5.74, 6) is 2.28. The monoisotopic (exact) mass is 419 g/mol. The summed E-state index contributed by atoms with van der Waals surface area (Å²) in [6, 6.07) is 20.2. The molecule has 156 valence electrons. The largest absolute Gasteiger partial charge is 0.370 e. The Balaban J connectivity index is 1.40. The molecule has 0 saturated heterocycles. The minimum atomic E-state index is 0.542. The van der Waals surface area contributed by atoms with Crippen molar-refractivity contribution >= 4 is 27.5 Å². The Morgan fingerprint density at radius 1 is 0.906 bits per heavy atom. The molecule has 0 radical (unpaired) electrons. The third-order valence-corrected chi connectivity index (χ3v) is 5.29. The molecule has 5 rings (SSSR count). The Hall–Kier alpha value is -4.44. The summed E-state index contributed by atoms with van der Waals surface area (Å²) in [6.45, 7) is 1.90. The van der Waals surface area contributed by atoms with Gasteiger partial charge in [0.1, 0.15) is 11.5 Å². The number of fused-ring (bicyclic) bond motifs is 2. The second-order valence-electron chi connectivity index (χ2n) is 7.38. The SMILES string of the molecule is N#CC1=CC=C(NCCNc2nc(-c3nccc4ccccc34)nc3ccccc23)NC1. The lowest BCUT2D eigenvalue weighted by Crippen LogP contribution is -2.32. The molecule has 2 aromatic carbocycles. The van der Waals surface area contributed by atoms with Crippen molar-refractivity contribution in [2.45, 2.75) is 0 Å². The lowest BCUT2D eigenvalue weighted by Gasteiger charge is -2.16. The average Bonchev–Trinajstić information content (AvgIpc) is 2.86. The van der Waals surface area contributed by atoms with Gasteiger partial charge in [-0.15, -0.1) is 0 Å². The van der Waals surface area contributed by atoms with Gasteiger partial charge < -0.3 is 16.0 Å². The molecule has 0 bridgehead atoms. The van der Waals surface area contributed by atoms with Crippen LogP contribution in [0.4, 0.5) is 5.82 Å². The molecule has 4 aromatic rings. The lowest BCUT2D eigenvalue weighted by atomic mass is 10.1. The van der Waals surface area contributed by atoms with Crippen LogP contribution in [0.5, 0.6) is 0 Å². The van der Waals surface area contributed by atoms with E-state index in [9.17, 15) is 0 Å². The third kappa shape index (κ3) is 3.94. The number of hydrogen-bond acceptors (Lipinski definition) is 7. The lowest BCUT2D eigenvalue weighted by molar-refractivity contribution is 0.711. The van der Waals surface area contributed by atoms with Crippen molar-refractivity contribution in [1.82, 2.24) is 25.6 Å². The number of nitrogens with zero attached hydrogens (tertiary/aromatic N) is 4. The van der Waals surface area contributed by atoms with Crippen LogP contribution in [0.3, 0.4) is 0 Å². The summed E-state index contributed by atoms with van der Waals surface area (Å²) in [5, 5.41) is 22.0. The zero-order valence-electron chi connectivity index (χ0n) is 17.3. The summed E-state index contributed by atoms with van der Waals surface area (Å²) in [4.78, 5) is 14.2. The Labute approximate surface area is 185 Å². The van der Waals surface area contributed by atoms with Crippen LogP contribution in [0.15, 0.2) is 84.3 Å². The summed E-state index contributed by atoms with van der Waals surface area (Å²) >= 11 is 0. The van der Waals surface area contributed by atoms with Gasteiger partial charge in [-0.3, -0.25) is 4.98 Å². The van der Waals surface area contributed by atoms with Crippen LogP contribution in [-0.2, 0) is 0 Å². The van der Waals surface area contributed by atoms with Gasteiger partial charge in [0.05, 0.1) is 24.0 Å². The van der Waals surface area contributed by atoms with Crippen molar-refractivity contribution in [2.24, 2.45) is 0 Å². The Bertz CT molecular complexity index is 1390. The number of hydrogen-bond donors (Lipinski definition) is 3. The van der Waals surface area contributed by atoms with Crippen molar-refractivity contribution in [3.63, 3.8) is 0 Å². The first-order chi connectivity index (χ1) is 15.8. The van der Waals surface area contributed by atoms with Gasteiger partial charge in [-0.2, -0.15) is 5.26 Å². The van der Waals surface area contributed by atoms with Gasteiger partial charge >= 0.3 is 0 Å². The average molecular weight is 419 g/mol. The molecule has 3 heterocycles. The number of nitrogens with one attached hydrogen (secondary N) is 3. The smallest absolute Gasteiger partial charge is 0.181 e. The highest BCUT2D eigenvalue weighted by Crippen LogP contribution is 2.28. The number of para-hydroxylation sites is 1. The number of aromatic nitrogens is 3. The van der Waals surface area contributed by atoms with E-state index in [1.165, 1.54) is 0 Å². The third-order valence-electron chi connectivity index (χ3n) is 5.29. The molecule has 0 saturated carbocycles. The number of allylic oxidation sites excluding steroid dienone is 2. The number of pyridine rings is 1. The van der Waals surface area contributed by atoms with Crippen LogP contribution in [0.25, 0.3) is 33.2 Å². The van der Waals surface area contributed by atoms with Crippen LogP contribution < -0.4 is 16.0 Å². The van der Waals surface area contributed by atoms with Crippen molar-refractivity contribution in [3.05, 3.63) is 84.3 Å². The topological polar surface area (TPSA) is 98.5 Å². The summed E-state index contributed by atoms with van der Waals surface area (Å²) in [6.07, 6.45) is 5.50. The van der Waals surface area contributed by atoms with Crippen LogP contribution >= 0.6 is 0 Å². The molecule has 32 heavy (non-hydrogen) atoms. The minimum Gasteiger partial charge on any atom is -0.370 e. The molecule has 7 nitrogen and oxygen atoms in total. The predicted octanol–water partition coefficient (Wildman–Crippen LogP) is 3.74. The first-order valence-electron chi connectivity index (χ1n) is 10.5. The van der Waals surface area contributed by atoms with Gasteiger partial charge in [0, 0.05) is 35.6 Å². The van der Waals surface area contributed by atoms with E-state index in [-0.39, 0.29) is 0 Å². The van der Waals surface area contributed by atoms with Crippen LogP contribution in [-0.4, -0.2) is 34.6 Å². The van der Waals surface area contributed by atoms with Crippen LogP contribution in [0.2, 0.25) is 0 Å². The zero-order chi connectivity index (χ0) is 21.8. The first kappa shape index (κ1) is 19.5. The van der Waals surface area contributed by atoms with Crippen LogP contribution in [0, 0.1) is 11.3 Å².